The highest BCUT2D eigenvalue weighted by Crippen LogP contribution is 2.20. The van der Waals surface area contributed by atoms with Gasteiger partial charge in [0.1, 0.15) is 0 Å². The zero-order valence-corrected chi connectivity index (χ0v) is 10.9. The van der Waals surface area contributed by atoms with Gasteiger partial charge in [0.05, 0.1) is 5.52 Å². The molecular formula is C16H20N2. The van der Waals surface area contributed by atoms with Gasteiger partial charge >= 0.3 is 0 Å². The summed E-state index contributed by atoms with van der Waals surface area (Å²) in [7, 11) is 0. The summed E-state index contributed by atoms with van der Waals surface area (Å²) in [6, 6.07) is 8.72. The smallest absolute Gasteiger partial charge is 0.0731 e. The van der Waals surface area contributed by atoms with Crippen molar-refractivity contribution >= 4 is 10.9 Å². The number of piperidine rings is 1. The van der Waals surface area contributed by atoms with E-state index in [1.54, 1.807) is 0 Å². The molecule has 1 aliphatic rings. The summed E-state index contributed by atoms with van der Waals surface area (Å²) in [5.74, 6) is 0.780. The third-order valence-corrected chi connectivity index (χ3v) is 3.89. The van der Waals surface area contributed by atoms with Crippen LogP contribution < -0.4 is 5.32 Å². The number of fused-ring (bicyclic) bond motifs is 1. The normalized spacial score (nSPS) is 20.2. The summed E-state index contributed by atoms with van der Waals surface area (Å²) in [6.45, 7) is 4.47. The van der Waals surface area contributed by atoms with Crippen LogP contribution in [0.4, 0.5) is 0 Å². The molecule has 2 aromatic rings. The van der Waals surface area contributed by atoms with Gasteiger partial charge in [0.2, 0.25) is 0 Å². The summed E-state index contributed by atoms with van der Waals surface area (Å²) >= 11 is 0. The zero-order chi connectivity index (χ0) is 12.4. The van der Waals surface area contributed by atoms with Gasteiger partial charge in [-0.05, 0) is 62.4 Å². The molecule has 18 heavy (non-hydrogen) atoms. The van der Waals surface area contributed by atoms with Gasteiger partial charge in [-0.15, -0.1) is 0 Å². The fourth-order valence-corrected chi connectivity index (χ4v) is 2.90. The van der Waals surface area contributed by atoms with Gasteiger partial charge in [-0.1, -0.05) is 18.2 Å². The van der Waals surface area contributed by atoms with E-state index in [1.807, 2.05) is 0 Å². The molecule has 2 heteroatoms. The minimum Gasteiger partial charge on any atom is -0.316 e. The van der Waals surface area contributed by atoms with E-state index < -0.39 is 0 Å². The van der Waals surface area contributed by atoms with Gasteiger partial charge in [0.15, 0.2) is 0 Å². The van der Waals surface area contributed by atoms with Gasteiger partial charge in [0, 0.05) is 11.6 Å². The first-order valence-corrected chi connectivity index (χ1v) is 6.88. The average molecular weight is 240 g/mol. The molecule has 1 atom stereocenters. The van der Waals surface area contributed by atoms with E-state index in [0.29, 0.717) is 0 Å². The molecule has 1 aromatic heterocycles. The zero-order valence-electron chi connectivity index (χ0n) is 10.9. The Morgan fingerprint density at radius 3 is 3.17 bits per heavy atom. The van der Waals surface area contributed by atoms with Gasteiger partial charge in [-0.25, -0.2) is 0 Å². The molecule has 2 heterocycles. The molecule has 1 unspecified atom stereocenters. The molecule has 0 amide bonds. The van der Waals surface area contributed by atoms with E-state index in [4.69, 9.17) is 0 Å². The maximum Gasteiger partial charge on any atom is 0.0731 e. The Balaban J connectivity index is 1.84. The molecule has 0 bridgehead atoms. The number of aryl methyl sites for hydroxylation is 1. The Hall–Kier alpha value is -1.41. The van der Waals surface area contributed by atoms with E-state index in [9.17, 15) is 0 Å². The molecule has 1 aliphatic heterocycles. The third kappa shape index (κ3) is 2.39. The SMILES string of the molecule is Cc1cccc2cc(CC3CCCNC3)cnc12. The lowest BCUT2D eigenvalue weighted by atomic mass is 9.92. The summed E-state index contributed by atoms with van der Waals surface area (Å²) in [5.41, 5.74) is 3.78. The molecule has 94 valence electrons. The van der Waals surface area contributed by atoms with Crippen molar-refractivity contribution in [2.24, 2.45) is 5.92 Å². The van der Waals surface area contributed by atoms with Crippen LogP contribution in [0.3, 0.4) is 0 Å². The minimum absolute atomic E-state index is 0.780. The van der Waals surface area contributed by atoms with Crippen LogP contribution in [0, 0.1) is 12.8 Å². The van der Waals surface area contributed by atoms with Crippen LogP contribution in [-0.2, 0) is 6.42 Å². The molecule has 1 saturated heterocycles. The quantitative estimate of drug-likeness (QED) is 0.872. The number of benzene rings is 1. The topological polar surface area (TPSA) is 24.9 Å². The second kappa shape index (κ2) is 5.07. The lowest BCUT2D eigenvalue weighted by Crippen LogP contribution is -2.30. The highest BCUT2D eigenvalue weighted by Gasteiger charge is 2.13. The molecule has 1 N–H and O–H groups in total. The van der Waals surface area contributed by atoms with Crippen molar-refractivity contribution in [3.8, 4) is 0 Å². The second-order valence-electron chi connectivity index (χ2n) is 5.41. The monoisotopic (exact) mass is 240 g/mol. The molecule has 0 aliphatic carbocycles. The highest BCUT2D eigenvalue weighted by atomic mass is 14.9. The third-order valence-electron chi connectivity index (χ3n) is 3.89. The van der Waals surface area contributed by atoms with Crippen LogP contribution in [-0.4, -0.2) is 18.1 Å². The molecule has 1 aromatic carbocycles. The molecule has 0 radical (unpaired) electrons. The van der Waals surface area contributed by atoms with E-state index in [-0.39, 0.29) is 0 Å². The minimum atomic E-state index is 0.780. The number of para-hydroxylation sites is 1. The lowest BCUT2D eigenvalue weighted by molar-refractivity contribution is 0.376. The number of hydrogen-bond donors (Lipinski definition) is 1. The molecule has 1 fully saturated rings. The Kier molecular flexibility index (Phi) is 3.28. The molecule has 3 rings (SSSR count). The largest absolute Gasteiger partial charge is 0.316 e. The Bertz CT molecular complexity index is 542. The number of nitrogens with zero attached hydrogens (tertiary/aromatic N) is 1. The van der Waals surface area contributed by atoms with Crippen molar-refractivity contribution in [1.29, 1.82) is 0 Å². The highest BCUT2D eigenvalue weighted by molar-refractivity contribution is 5.81. The Labute approximate surface area is 108 Å². The van der Waals surface area contributed by atoms with E-state index >= 15 is 0 Å². The van der Waals surface area contributed by atoms with Gasteiger partial charge < -0.3 is 5.32 Å². The first-order valence-electron chi connectivity index (χ1n) is 6.88. The summed E-state index contributed by atoms with van der Waals surface area (Å²) in [4.78, 5) is 4.63. The van der Waals surface area contributed by atoms with Gasteiger partial charge in [-0.2, -0.15) is 0 Å². The number of aromatic nitrogens is 1. The molecule has 0 spiro atoms. The van der Waals surface area contributed by atoms with Crippen molar-refractivity contribution in [1.82, 2.24) is 10.3 Å². The van der Waals surface area contributed by atoms with Crippen LogP contribution in [0.15, 0.2) is 30.5 Å². The van der Waals surface area contributed by atoms with E-state index in [2.05, 4.69) is 47.7 Å². The average Bonchev–Trinajstić information content (AvgIpc) is 2.40. The first kappa shape index (κ1) is 11.7. The fraction of sp³-hybridized carbons (Fsp3) is 0.438. The van der Waals surface area contributed by atoms with E-state index in [1.165, 1.54) is 35.9 Å². The summed E-state index contributed by atoms with van der Waals surface area (Å²) in [6.07, 6.45) is 5.87. The summed E-state index contributed by atoms with van der Waals surface area (Å²) < 4.78 is 0. The van der Waals surface area contributed by atoms with Crippen LogP contribution in [0.1, 0.15) is 24.0 Å². The number of nitrogens with one attached hydrogen (secondary N) is 1. The van der Waals surface area contributed by atoms with Crippen molar-refractivity contribution in [2.45, 2.75) is 26.2 Å². The maximum atomic E-state index is 4.63. The molecular weight excluding hydrogens is 220 g/mol. The number of pyridine rings is 1. The van der Waals surface area contributed by atoms with Crippen molar-refractivity contribution in [3.63, 3.8) is 0 Å². The van der Waals surface area contributed by atoms with Crippen molar-refractivity contribution < 1.29 is 0 Å². The van der Waals surface area contributed by atoms with Crippen LogP contribution in [0.5, 0.6) is 0 Å². The molecule has 2 nitrogen and oxygen atoms in total. The van der Waals surface area contributed by atoms with Crippen LogP contribution in [0.25, 0.3) is 10.9 Å². The summed E-state index contributed by atoms with van der Waals surface area (Å²) in [5, 5.41) is 4.76. The fourth-order valence-electron chi connectivity index (χ4n) is 2.90. The lowest BCUT2D eigenvalue weighted by Gasteiger charge is -2.22. The first-order chi connectivity index (χ1) is 8.83. The molecule has 0 saturated carbocycles. The maximum absolute atomic E-state index is 4.63. The van der Waals surface area contributed by atoms with E-state index in [0.717, 1.165) is 24.4 Å². The van der Waals surface area contributed by atoms with Gasteiger partial charge in [0.25, 0.3) is 0 Å². The van der Waals surface area contributed by atoms with Crippen molar-refractivity contribution in [2.75, 3.05) is 13.1 Å². The number of hydrogen-bond acceptors (Lipinski definition) is 2. The Morgan fingerprint density at radius 1 is 1.39 bits per heavy atom. The Morgan fingerprint density at radius 2 is 2.33 bits per heavy atom. The number of rotatable bonds is 2. The van der Waals surface area contributed by atoms with Crippen molar-refractivity contribution in [3.05, 3.63) is 41.6 Å². The van der Waals surface area contributed by atoms with Gasteiger partial charge in [-0.3, -0.25) is 4.98 Å². The van der Waals surface area contributed by atoms with Crippen LogP contribution in [0.2, 0.25) is 0 Å². The van der Waals surface area contributed by atoms with Crippen LogP contribution >= 0.6 is 0 Å². The predicted molar refractivity (Wildman–Crippen MR) is 75.8 cm³/mol. The second-order valence-corrected chi connectivity index (χ2v) is 5.41. The predicted octanol–water partition coefficient (Wildman–Crippen LogP) is 3.09. The standard InChI is InChI=1S/C16H20N2/c1-12-4-2-6-15-9-14(11-18-16(12)15)8-13-5-3-7-17-10-13/h2,4,6,9,11,13,17H,3,5,7-8,10H2,1H3.